The lowest BCUT2D eigenvalue weighted by molar-refractivity contribution is -0.384. The van der Waals surface area contributed by atoms with Gasteiger partial charge < -0.3 is 29.9 Å². The van der Waals surface area contributed by atoms with Crippen molar-refractivity contribution in [3.05, 3.63) is 58.6 Å². The number of hydrogen-bond donors (Lipinski definition) is 4. The number of nitrogens with zero attached hydrogens (tertiary/aromatic N) is 1. The molecule has 5 atom stereocenters. The van der Waals surface area contributed by atoms with Gasteiger partial charge >= 0.3 is 0 Å². The molecule has 0 aliphatic carbocycles. The van der Waals surface area contributed by atoms with Crippen LogP contribution in [-0.4, -0.2) is 62.7 Å². The highest BCUT2D eigenvalue weighted by Crippen LogP contribution is 2.27. The minimum Gasteiger partial charge on any atom is -0.462 e. The lowest BCUT2D eigenvalue weighted by atomic mass is 9.99. The van der Waals surface area contributed by atoms with Crippen LogP contribution < -0.4 is 4.74 Å². The summed E-state index contributed by atoms with van der Waals surface area (Å²) >= 11 is 0. The summed E-state index contributed by atoms with van der Waals surface area (Å²) < 4.78 is 10.8. The molecular weight excluding hydrogens is 358 g/mol. The molecule has 9 nitrogen and oxygen atoms in total. The van der Waals surface area contributed by atoms with Gasteiger partial charge in [0, 0.05) is 12.1 Å². The summed E-state index contributed by atoms with van der Waals surface area (Å²) in [4.78, 5) is 10.2. The lowest BCUT2D eigenvalue weighted by Gasteiger charge is -2.39. The average Bonchev–Trinajstić information content (AvgIpc) is 2.69. The topological polar surface area (TPSA) is 143 Å². The summed E-state index contributed by atoms with van der Waals surface area (Å²) in [6.45, 7) is -0.538. The fourth-order valence-electron chi connectivity index (χ4n) is 2.80. The van der Waals surface area contributed by atoms with E-state index in [9.17, 15) is 30.5 Å². The van der Waals surface area contributed by atoms with Crippen LogP contribution in [0.5, 0.6) is 5.75 Å². The summed E-state index contributed by atoms with van der Waals surface area (Å²) in [5.41, 5.74) is 1.58. The van der Waals surface area contributed by atoms with Crippen molar-refractivity contribution in [3.63, 3.8) is 0 Å². The third-order valence-electron chi connectivity index (χ3n) is 4.37. The molecule has 0 spiro atoms. The maximum absolute atomic E-state index is 10.7. The van der Waals surface area contributed by atoms with E-state index in [0.29, 0.717) is 5.75 Å². The number of benzene rings is 2. The van der Waals surface area contributed by atoms with Crippen LogP contribution in [0.4, 0.5) is 5.69 Å². The zero-order chi connectivity index (χ0) is 19.6. The van der Waals surface area contributed by atoms with Crippen molar-refractivity contribution in [3.8, 4) is 16.9 Å². The van der Waals surface area contributed by atoms with Gasteiger partial charge in [0.2, 0.25) is 6.29 Å². The Balaban J connectivity index is 1.71. The smallest absolute Gasteiger partial charge is 0.269 e. The third kappa shape index (κ3) is 4.07. The van der Waals surface area contributed by atoms with Crippen molar-refractivity contribution in [2.75, 3.05) is 6.61 Å². The van der Waals surface area contributed by atoms with Crippen LogP contribution in [-0.2, 0) is 4.74 Å². The van der Waals surface area contributed by atoms with Crippen LogP contribution in [0.2, 0.25) is 0 Å². The highest BCUT2D eigenvalue weighted by molar-refractivity contribution is 5.65. The molecule has 144 valence electrons. The number of nitro benzene ring substituents is 1. The maximum atomic E-state index is 10.7. The van der Waals surface area contributed by atoms with Crippen molar-refractivity contribution in [2.45, 2.75) is 30.7 Å². The number of rotatable bonds is 5. The number of aliphatic hydroxyl groups excluding tert-OH is 4. The molecule has 1 saturated heterocycles. The molecule has 2 aromatic carbocycles. The molecule has 2 aromatic rings. The van der Waals surface area contributed by atoms with Gasteiger partial charge in [-0.3, -0.25) is 10.1 Å². The number of aliphatic hydroxyl groups is 4. The predicted octanol–water partition coefficient (Wildman–Crippen LogP) is 0.440. The molecule has 0 saturated carbocycles. The Labute approximate surface area is 154 Å². The monoisotopic (exact) mass is 377 g/mol. The number of nitro groups is 1. The molecule has 0 unspecified atom stereocenters. The fraction of sp³-hybridized carbons (Fsp3) is 0.333. The first kappa shape index (κ1) is 19.2. The summed E-state index contributed by atoms with van der Waals surface area (Å²) in [5.74, 6) is 0.338. The van der Waals surface area contributed by atoms with Crippen molar-refractivity contribution in [1.82, 2.24) is 0 Å². The first-order valence-electron chi connectivity index (χ1n) is 8.23. The second-order valence-electron chi connectivity index (χ2n) is 6.14. The predicted molar refractivity (Wildman–Crippen MR) is 92.9 cm³/mol. The minimum absolute atomic E-state index is 0.00122. The molecule has 9 heteroatoms. The molecule has 3 rings (SSSR count). The van der Waals surface area contributed by atoms with E-state index < -0.39 is 42.2 Å². The summed E-state index contributed by atoms with van der Waals surface area (Å²) in [6, 6.07) is 12.7. The van der Waals surface area contributed by atoms with Gasteiger partial charge in [0.05, 0.1) is 11.5 Å². The fourth-order valence-corrected chi connectivity index (χ4v) is 2.80. The second kappa shape index (κ2) is 7.99. The van der Waals surface area contributed by atoms with E-state index in [4.69, 9.17) is 9.47 Å². The Bertz CT molecular complexity index is 777. The molecule has 0 amide bonds. The van der Waals surface area contributed by atoms with E-state index in [0.717, 1.165) is 11.1 Å². The SMILES string of the molecule is O=[N+]([O-])c1ccc(-c2ccc(O[C@H]3O[C@H](CO)[C@@H](O)[C@H](O)[C@@H]3O)cc2)cc1. The van der Waals surface area contributed by atoms with Gasteiger partial charge in [-0.25, -0.2) is 0 Å². The Hall–Kier alpha value is -2.56. The minimum atomic E-state index is -1.51. The molecule has 27 heavy (non-hydrogen) atoms. The Morgan fingerprint density at radius 1 is 0.926 bits per heavy atom. The van der Waals surface area contributed by atoms with Crippen molar-refractivity contribution in [2.24, 2.45) is 0 Å². The largest absolute Gasteiger partial charge is 0.462 e. The molecular formula is C18H19NO8. The molecule has 1 heterocycles. The van der Waals surface area contributed by atoms with Gasteiger partial charge in [-0.05, 0) is 35.4 Å². The van der Waals surface area contributed by atoms with E-state index >= 15 is 0 Å². The number of ether oxygens (including phenoxy) is 2. The second-order valence-corrected chi connectivity index (χ2v) is 6.14. The highest BCUT2D eigenvalue weighted by atomic mass is 16.7. The Morgan fingerprint density at radius 2 is 1.48 bits per heavy atom. The number of non-ortho nitro benzene ring substituents is 1. The lowest BCUT2D eigenvalue weighted by Crippen LogP contribution is -2.60. The molecule has 1 fully saturated rings. The first-order valence-corrected chi connectivity index (χ1v) is 8.23. The van der Waals surface area contributed by atoms with Crippen LogP contribution in [0, 0.1) is 10.1 Å². The quantitative estimate of drug-likeness (QED) is 0.434. The Kier molecular flexibility index (Phi) is 5.68. The van der Waals surface area contributed by atoms with Gasteiger partial charge in [0.1, 0.15) is 30.2 Å². The van der Waals surface area contributed by atoms with Crippen LogP contribution in [0.3, 0.4) is 0 Å². The van der Waals surface area contributed by atoms with Gasteiger partial charge in [-0.15, -0.1) is 0 Å². The highest BCUT2D eigenvalue weighted by Gasteiger charge is 2.44. The van der Waals surface area contributed by atoms with Gasteiger partial charge in [-0.2, -0.15) is 0 Å². The number of hydrogen-bond acceptors (Lipinski definition) is 8. The molecule has 0 radical (unpaired) electrons. The van der Waals surface area contributed by atoms with Crippen molar-refractivity contribution < 1.29 is 34.8 Å². The van der Waals surface area contributed by atoms with Crippen LogP contribution in [0.1, 0.15) is 0 Å². The summed E-state index contributed by atoms with van der Waals surface area (Å²) in [6.07, 6.45) is -6.76. The van der Waals surface area contributed by atoms with Gasteiger partial charge in [0.25, 0.3) is 5.69 Å². The Morgan fingerprint density at radius 3 is 2.00 bits per heavy atom. The molecule has 4 N–H and O–H groups in total. The van der Waals surface area contributed by atoms with E-state index in [1.807, 2.05) is 0 Å². The molecule has 1 aliphatic heterocycles. The van der Waals surface area contributed by atoms with Crippen molar-refractivity contribution >= 4 is 5.69 Å². The van der Waals surface area contributed by atoms with Crippen molar-refractivity contribution in [1.29, 1.82) is 0 Å². The molecule has 0 aromatic heterocycles. The van der Waals surface area contributed by atoms with E-state index in [-0.39, 0.29) is 5.69 Å². The standard InChI is InChI=1S/C18H19NO8/c20-9-14-15(21)16(22)17(23)18(27-14)26-13-7-3-11(4-8-13)10-1-5-12(6-2-10)19(24)25/h1-8,14-18,20-23H,9H2/t14-,15-,16+,17+,18+/m1/s1. The first-order chi connectivity index (χ1) is 12.9. The van der Waals surface area contributed by atoms with E-state index in [1.165, 1.54) is 12.1 Å². The normalized spacial score (nSPS) is 27.9. The zero-order valence-corrected chi connectivity index (χ0v) is 14.1. The molecule has 1 aliphatic rings. The van der Waals surface area contributed by atoms with Gasteiger partial charge in [-0.1, -0.05) is 12.1 Å². The summed E-state index contributed by atoms with van der Waals surface area (Å²) in [7, 11) is 0. The zero-order valence-electron chi connectivity index (χ0n) is 14.1. The average molecular weight is 377 g/mol. The van der Waals surface area contributed by atoms with Gasteiger partial charge in [0.15, 0.2) is 0 Å². The van der Waals surface area contributed by atoms with Crippen LogP contribution >= 0.6 is 0 Å². The van der Waals surface area contributed by atoms with Crippen LogP contribution in [0.15, 0.2) is 48.5 Å². The van der Waals surface area contributed by atoms with Crippen LogP contribution in [0.25, 0.3) is 11.1 Å². The molecule has 0 bridgehead atoms. The van der Waals surface area contributed by atoms with E-state index in [1.54, 1.807) is 36.4 Å². The summed E-state index contributed by atoms with van der Waals surface area (Å²) in [5, 5.41) is 49.4. The third-order valence-corrected chi connectivity index (χ3v) is 4.37. The maximum Gasteiger partial charge on any atom is 0.269 e. The van der Waals surface area contributed by atoms with E-state index in [2.05, 4.69) is 0 Å².